The summed E-state index contributed by atoms with van der Waals surface area (Å²) in [7, 11) is 0. The Balaban J connectivity index is 2.22. The zero-order chi connectivity index (χ0) is 14.7. The quantitative estimate of drug-likeness (QED) is 0.644. The van der Waals surface area contributed by atoms with Gasteiger partial charge in [-0.2, -0.15) is 5.26 Å². The Kier molecular flexibility index (Phi) is 3.62. The molecular weight excluding hydrogens is 263 g/mol. The summed E-state index contributed by atoms with van der Waals surface area (Å²) in [6.07, 6.45) is 0. The lowest BCUT2D eigenvalue weighted by Crippen LogP contribution is -2.02. The van der Waals surface area contributed by atoms with E-state index in [-0.39, 0.29) is 12.1 Å². The Morgan fingerprint density at radius 1 is 1.10 bits per heavy atom. The van der Waals surface area contributed by atoms with Crippen molar-refractivity contribution in [2.75, 3.05) is 5.32 Å². The van der Waals surface area contributed by atoms with Gasteiger partial charge in [-0.15, -0.1) is 0 Å². The van der Waals surface area contributed by atoms with Gasteiger partial charge in [0.25, 0.3) is 0 Å². The van der Waals surface area contributed by atoms with Crippen LogP contribution in [-0.2, 0) is 6.54 Å². The molecule has 0 aliphatic heterocycles. The predicted molar refractivity (Wildman–Crippen MR) is 69.9 cm³/mol. The van der Waals surface area contributed by atoms with Crippen molar-refractivity contribution >= 4 is 5.69 Å². The molecule has 0 saturated heterocycles. The third kappa shape index (κ3) is 2.57. The highest BCUT2D eigenvalue weighted by atomic mass is 19.1. The number of benzene rings is 2. The van der Waals surface area contributed by atoms with Gasteiger partial charge in [0.15, 0.2) is 11.5 Å². The fraction of sp³-hybridized carbons (Fsp3) is 0.0714. The molecule has 2 aromatic carbocycles. The molecule has 0 unspecified atom stereocenters. The van der Waals surface area contributed by atoms with Crippen molar-refractivity contribution in [3.8, 4) is 23.3 Å². The molecule has 0 saturated carbocycles. The van der Waals surface area contributed by atoms with E-state index in [9.17, 15) is 19.7 Å². The third-order valence-electron chi connectivity index (χ3n) is 2.78. The number of phenols is 3. The molecule has 2 rings (SSSR count). The molecule has 0 radical (unpaired) electrons. The van der Waals surface area contributed by atoms with Gasteiger partial charge < -0.3 is 20.6 Å². The van der Waals surface area contributed by atoms with Gasteiger partial charge in [0, 0.05) is 12.1 Å². The van der Waals surface area contributed by atoms with E-state index < -0.39 is 23.1 Å². The average Bonchev–Trinajstić information content (AvgIpc) is 2.45. The molecule has 0 heterocycles. The summed E-state index contributed by atoms with van der Waals surface area (Å²) in [6.45, 7) is 0.0972. The van der Waals surface area contributed by atoms with Crippen LogP contribution in [0, 0.1) is 17.1 Å². The van der Waals surface area contributed by atoms with E-state index >= 15 is 0 Å². The van der Waals surface area contributed by atoms with Crippen LogP contribution in [0.4, 0.5) is 10.1 Å². The van der Waals surface area contributed by atoms with Crippen LogP contribution < -0.4 is 5.32 Å². The molecule has 0 spiro atoms. The van der Waals surface area contributed by atoms with E-state index in [4.69, 9.17) is 5.26 Å². The van der Waals surface area contributed by atoms with E-state index in [1.807, 2.05) is 6.07 Å². The number of halogens is 1. The van der Waals surface area contributed by atoms with E-state index in [0.29, 0.717) is 11.3 Å². The highest BCUT2D eigenvalue weighted by Crippen LogP contribution is 2.37. The van der Waals surface area contributed by atoms with E-state index in [2.05, 4.69) is 5.32 Å². The van der Waals surface area contributed by atoms with Crippen molar-refractivity contribution in [3.63, 3.8) is 0 Å². The Hall–Kier alpha value is -2.94. The summed E-state index contributed by atoms with van der Waals surface area (Å²) in [5, 5.41) is 40.0. The minimum absolute atomic E-state index is 0.0972. The first-order valence-electron chi connectivity index (χ1n) is 5.69. The molecule has 2 aromatic rings. The van der Waals surface area contributed by atoms with Crippen molar-refractivity contribution < 1.29 is 19.7 Å². The average molecular weight is 274 g/mol. The highest BCUT2D eigenvalue weighted by Gasteiger charge is 2.11. The Morgan fingerprint density at radius 3 is 2.55 bits per heavy atom. The zero-order valence-electron chi connectivity index (χ0n) is 10.3. The minimum atomic E-state index is -0.607. The summed E-state index contributed by atoms with van der Waals surface area (Å²) < 4.78 is 13.0. The van der Waals surface area contributed by atoms with E-state index in [1.165, 1.54) is 24.3 Å². The summed E-state index contributed by atoms with van der Waals surface area (Å²) >= 11 is 0. The number of hydrogen-bond acceptors (Lipinski definition) is 5. The van der Waals surface area contributed by atoms with Crippen LogP contribution >= 0.6 is 0 Å². The van der Waals surface area contributed by atoms with Crippen molar-refractivity contribution in [3.05, 3.63) is 47.3 Å². The van der Waals surface area contributed by atoms with Crippen molar-refractivity contribution in [1.29, 1.82) is 5.26 Å². The lowest BCUT2D eigenvalue weighted by Gasteiger charge is -2.11. The van der Waals surface area contributed by atoms with Gasteiger partial charge in [0.2, 0.25) is 5.75 Å². The van der Waals surface area contributed by atoms with Crippen LogP contribution in [0.25, 0.3) is 0 Å². The lowest BCUT2D eigenvalue weighted by molar-refractivity contribution is 0.365. The summed E-state index contributed by atoms with van der Waals surface area (Å²) in [5.41, 5.74) is 0.863. The molecule has 6 heteroatoms. The van der Waals surface area contributed by atoms with Crippen LogP contribution in [0.5, 0.6) is 17.2 Å². The molecular formula is C14H11FN2O3. The van der Waals surface area contributed by atoms with Gasteiger partial charge >= 0.3 is 0 Å². The van der Waals surface area contributed by atoms with E-state index in [1.54, 1.807) is 0 Å². The third-order valence-corrected chi connectivity index (χ3v) is 2.78. The highest BCUT2D eigenvalue weighted by molar-refractivity contribution is 5.59. The van der Waals surface area contributed by atoms with Crippen LogP contribution in [0.3, 0.4) is 0 Å². The fourth-order valence-corrected chi connectivity index (χ4v) is 1.71. The number of nitrogens with one attached hydrogen (secondary N) is 1. The molecule has 0 amide bonds. The van der Waals surface area contributed by atoms with Crippen molar-refractivity contribution in [2.45, 2.75) is 6.54 Å². The SMILES string of the molecule is N#Cc1cc(F)ccc1NCc1ccc(O)c(O)c1O. The molecule has 0 aliphatic rings. The van der Waals surface area contributed by atoms with Crippen LogP contribution in [-0.4, -0.2) is 15.3 Å². The lowest BCUT2D eigenvalue weighted by atomic mass is 10.1. The van der Waals surface area contributed by atoms with Crippen molar-refractivity contribution in [1.82, 2.24) is 0 Å². The number of aromatic hydroxyl groups is 3. The standard InChI is InChI=1S/C14H11FN2O3/c15-10-2-3-11(9(5-10)6-16)17-7-8-1-4-12(18)14(20)13(8)19/h1-5,17-20H,7H2. The van der Waals surface area contributed by atoms with Gasteiger partial charge in [-0.25, -0.2) is 4.39 Å². The van der Waals surface area contributed by atoms with Crippen LogP contribution in [0.1, 0.15) is 11.1 Å². The number of phenolic OH excluding ortho intramolecular Hbond substituents is 3. The monoisotopic (exact) mass is 274 g/mol. The summed E-state index contributed by atoms with van der Waals surface area (Å²) in [4.78, 5) is 0. The minimum Gasteiger partial charge on any atom is -0.504 e. The van der Waals surface area contributed by atoms with Gasteiger partial charge in [-0.1, -0.05) is 0 Å². The maximum absolute atomic E-state index is 13.0. The Labute approximate surface area is 114 Å². The smallest absolute Gasteiger partial charge is 0.200 e. The second-order valence-electron chi connectivity index (χ2n) is 4.10. The molecule has 4 N–H and O–H groups in total. The van der Waals surface area contributed by atoms with Crippen molar-refractivity contribution in [2.24, 2.45) is 0 Å². The predicted octanol–water partition coefficient (Wildman–Crippen LogP) is 2.43. The summed E-state index contributed by atoms with van der Waals surface area (Å²) in [6, 6.07) is 8.22. The molecule has 102 valence electrons. The molecule has 0 aliphatic carbocycles. The molecule has 0 fully saturated rings. The normalized spacial score (nSPS) is 10.0. The molecule has 20 heavy (non-hydrogen) atoms. The molecule has 0 atom stereocenters. The first kappa shape index (κ1) is 13.5. The van der Waals surface area contributed by atoms with Gasteiger partial charge in [0.1, 0.15) is 11.9 Å². The van der Waals surface area contributed by atoms with Crippen LogP contribution in [0.15, 0.2) is 30.3 Å². The molecule has 5 nitrogen and oxygen atoms in total. The first-order chi connectivity index (χ1) is 9.52. The van der Waals surface area contributed by atoms with Gasteiger partial charge in [-0.3, -0.25) is 0 Å². The molecule has 0 bridgehead atoms. The number of anilines is 1. The van der Waals surface area contributed by atoms with Crippen LogP contribution in [0.2, 0.25) is 0 Å². The number of nitriles is 1. The number of hydrogen-bond donors (Lipinski definition) is 4. The fourth-order valence-electron chi connectivity index (χ4n) is 1.71. The first-order valence-corrected chi connectivity index (χ1v) is 5.69. The summed E-state index contributed by atoms with van der Waals surface area (Å²) in [5.74, 6) is -2.00. The maximum atomic E-state index is 13.0. The van der Waals surface area contributed by atoms with Gasteiger partial charge in [-0.05, 0) is 30.3 Å². The number of nitrogens with zero attached hydrogens (tertiary/aromatic N) is 1. The Morgan fingerprint density at radius 2 is 1.85 bits per heavy atom. The second-order valence-corrected chi connectivity index (χ2v) is 4.10. The Bertz CT molecular complexity index is 696. The number of rotatable bonds is 3. The zero-order valence-corrected chi connectivity index (χ0v) is 10.3. The van der Waals surface area contributed by atoms with E-state index in [0.717, 1.165) is 6.07 Å². The maximum Gasteiger partial charge on any atom is 0.200 e. The molecule has 0 aromatic heterocycles. The van der Waals surface area contributed by atoms with Gasteiger partial charge in [0.05, 0.1) is 11.3 Å². The largest absolute Gasteiger partial charge is 0.504 e. The second kappa shape index (κ2) is 5.36. The topological polar surface area (TPSA) is 96.5 Å².